The highest BCUT2D eigenvalue weighted by atomic mass is 16.3. The molecule has 5 heteroatoms. The average molecular weight is 644 g/mol. The van der Waals surface area contributed by atoms with E-state index in [0.717, 1.165) is 88.9 Å². The van der Waals surface area contributed by atoms with E-state index < -0.39 is 0 Å². The number of hydrogen-bond acceptors (Lipinski definition) is 5. The van der Waals surface area contributed by atoms with Gasteiger partial charge in [0.25, 0.3) is 0 Å². The lowest BCUT2D eigenvalue weighted by molar-refractivity contribution is 0.623. The molecule has 0 bridgehead atoms. The van der Waals surface area contributed by atoms with Gasteiger partial charge in [0, 0.05) is 61.4 Å². The molecule has 0 fully saturated rings. The first-order valence-electron chi connectivity index (χ1n) is 16.7. The Morgan fingerprint density at radius 1 is 0.500 bits per heavy atom. The molecular formula is C45H29N3O2. The van der Waals surface area contributed by atoms with Crippen molar-refractivity contribution in [3.05, 3.63) is 170 Å². The topological polar surface area (TPSA) is 54.4 Å². The summed E-state index contributed by atoms with van der Waals surface area (Å²) in [4.78, 5) is 7.45. The van der Waals surface area contributed by atoms with Gasteiger partial charge in [-0.1, -0.05) is 103 Å². The fraction of sp³-hybridized carbons (Fsp3) is 0. The molecule has 0 spiro atoms. The maximum Gasteiger partial charge on any atom is 0.227 e. The van der Waals surface area contributed by atoms with Gasteiger partial charge in [-0.25, -0.2) is 4.98 Å². The highest BCUT2D eigenvalue weighted by Gasteiger charge is 2.25. The smallest absolute Gasteiger partial charge is 0.227 e. The molecule has 50 heavy (non-hydrogen) atoms. The van der Waals surface area contributed by atoms with Crippen LogP contribution in [-0.2, 0) is 0 Å². The zero-order valence-electron chi connectivity index (χ0n) is 26.9. The van der Waals surface area contributed by atoms with E-state index in [4.69, 9.17) is 13.8 Å². The van der Waals surface area contributed by atoms with E-state index >= 15 is 0 Å². The predicted molar refractivity (Wildman–Crippen MR) is 205 cm³/mol. The van der Waals surface area contributed by atoms with Crippen molar-refractivity contribution < 1.29 is 8.83 Å². The van der Waals surface area contributed by atoms with Gasteiger partial charge in [-0.2, -0.15) is 0 Å². The van der Waals surface area contributed by atoms with E-state index in [1.165, 1.54) is 0 Å². The molecule has 2 aromatic heterocycles. The minimum Gasteiger partial charge on any atom is -0.456 e. The number of nitrogens with one attached hydrogen (secondary N) is 1. The zero-order valence-corrected chi connectivity index (χ0v) is 26.9. The molecule has 10 aromatic rings. The lowest BCUT2D eigenvalue weighted by Gasteiger charge is -2.28. The standard InChI is InChI=1S/C45H29N3O2/c1-4-15-29(16-5-1)45-47-43-36-27-32(28-40-42(36)41-35(44(43)50-45)23-14-26-39(41)49-40)48(31-19-8-3-9-20-31)38-25-13-11-22-34(38)33-21-10-12-24-37(33)46-30-17-6-2-7-18-30/h1-28,46H. The SMILES string of the molecule is c1ccc(Nc2ccccc2-c2ccccc2N(c2ccccc2)c2cc3oc4cccc5c6oc(-c7ccccc7)nc6c(c2)c3c45)cc1. The summed E-state index contributed by atoms with van der Waals surface area (Å²) < 4.78 is 13.2. The maximum atomic E-state index is 6.63. The number of anilines is 5. The van der Waals surface area contributed by atoms with E-state index in [9.17, 15) is 0 Å². The first-order chi connectivity index (χ1) is 24.8. The lowest BCUT2D eigenvalue weighted by atomic mass is 9.98. The van der Waals surface area contributed by atoms with Gasteiger partial charge in [-0.3, -0.25) is 0 Å². The summed E-state index contributed by atoms with van der Waals surface area (Å²) in [6.07, 6.45) is 0. The van der Waals surface area contributed by atoms with Crippen LogP contribution in [0.5, 0.6) is 0 Å². The van der Waals surface area contributed by atoms with Crippen molar-refractivity contribution in [2.24, 2.45) is 0 Å². The van der Waals surface area contributed by atoms with Crippen molar-refractivity contribution in [3.63, 3.8) is 0 Å². The van der Waals surface area contributed by atoms with E-state index in [1.807, 2.05) is 66.7 Å². The number of para-hydroxylation sites is 4. The number of benzene rings is 8. The summed E-state index contributed by atoms with van der Waals surface area (Å²) in [7, 11) is 0. The Morgan fingerprint density at radius 2 is 1.18 bits per heavy atom. The van der Waals surface area contributed by atoms with Crippen LogP contribution in [0.4, 0.5) is 28.4 Å². The van der Waals surface area contributed by atoms with Gasteiger partial charge in [0.1, 0.15) is 16.7 Å². The normalized spacial score (nSPS) is 11.6. The summed E-state index contributed by atoms with van der Waals surface area (Å²) in [5, 5.41) is 7.75. The van der Waals surface area contributed by atoms with Crippen molar-refractivity contribution in [3.8, 4) is 22.6 Å². The van der Waals surface area contributed by atoms with Crippen LogP contribution in [-0.4, -0.2) is 4.98 Å². The third-order valence-corrected chi connectivity index (χ3v) is 9.42. The second-order valence-corrected chi connectivity index (χ2v) is 12.4. The molecule has 1 N–H and O–H groups in total. The molecule has 0 aliphatic rings. The number of oxazole rings is 1. The van der Waals surface area contributed by atoms with Gasteiger partial charge in [0.15, 0.2) is 5.58 Å². The van der Waals surface area contributed by atoms with Gasteiger partial charge in [-0.15, -0.1) is 0 Å². The third-order valence-electron chi connectivity index (χ3n) is 9.42. The Bertz CT molecular complexity index is 2790. The lowest BCUT2D eigenvalue weighted by Crippen LogP contribution is -2.11. The molecule has 236 valence electrons. The van der Waals surface area contributed by atoms with E-state index in [1.54, 1.807) is 0 Å². The molecule has 0 amide bonds. The van der Waals surface area contributed by atoms with Crippen LogP contribution < -0.4 is 10.2 Å². The first-order valence-corrected chi connectivity index (χ1v) is 16.7. The Labute approximate surface area is 288 Å². The monoisotopic (exact) mass is 643 g/mol. The molecule has 0 atom stereocenters. The molecule has 10 rings (SSSR count). The minimum absolute atomic E-state index is 0.598. The molecule has 0 aliphatic carbocycles. The molecular weight excluding hydrogens is 615 g/mol. The average Bonchev–Trinajstić information content (AvgIpc) is 3.80. The predicted octanol–water partition coefficient (Wildman–Crippen LogP) is 12.9. The summed E-state index contributed by atoms with van der Waals surface area (Å²) >= 11 is 0. The van der Waals surface area contributed by atoms with Crippen LogP contribution in [0.25, 0.3) is 66.4 Å². The number of fused-ring (bicyclic) bond motifs is 3. The molecule has 0 saturated heterocycles. The van der Waals surface area contributed by atoms with E-state index in [0.29, 0.717) is 5.89 Å². The Kier molecular flexibility index (Phi) is 6.42. The van der Waals surface area contributed by atoms with Gasteiger partial charge in [0.2, 0.25) is 5.89 Å². The Hall–Kier alpha value is -6.85. The van der Waals surface area contributed by atoms with Crippen molar-refractivity contribution >= 4 is 72.2 Å². The molecule has 2 heterocycles. The Balaban J connectivity index is 1.23. The highest BCUT2D eigenvalue weighted by molar-refractivity contribution is 6.32. The van der Waals surface area contributed by atoms with Crippen LogP contribution in [0, 0.1) is 0 Å². The summed E-state index contributed by atoms with van der Waals surface area (Å²) in [6, 6.07) is 58.4. The highest BCUT2D eigenvalue weighted by Crippen LogP contribution is 2.48. The summed E-state index contributed by atoms with van der Waals surface area (Å²) in [6.45, 7) is 0. The van der Waals surface area contributed by atoms with E-state index in [2.05, 4.69) is 113 Å². The number of rotatable bonds is 7. The number of nitrogens with zero attached hydrogens (tertiary/aromatic N) is 2. The number of aromatic nitrogens is 1. The van der Waals surface area contributed by atoms with Crippen LogP contribution in [0.3, 0.4) is 0 Å². The summed E-state index contributed by atoms with van der Waals surface area (Å²) in [5.41, 5.74) is 11.4. The van der Waals surface area contributed by atoms with Crippen LogP contribution in [0.2, 0.25) is 0 Å². The number of hydrogen-bond donors (Lipinski definition) is 1. The first kappa shape index (κ1) is 28.2. The van der Waals surface area contributed by atoms with Crippen LogP contribution >= 0.6 is 0 Å². The van der Waals surface area contributed by atoms with Crippen LogP contribution in [0.15, 0.2) is 179 Å². The second-order valence-electron chi connectivity index (χ2n) is 12.4. The maximum absolute atomic E-state index is 6.63. The van der Waals surface area contributed by atoms with Crippen molar-refractivity contribution in [1.82, 2.24) is 4.98 Å². The molecule has 8 aromatic carbocycles. The fourth-order valence-corrected chi connectivity index (χ4v) is 7.23. The van der Waals surface area contributed by atoms with Crippen LogP contribution in [0.1, 0.15) is 0 Å². The summed E-state index contributed by atoms with van der Waals surface area (Å²) in [5.74, 6) is 0.598. The van der Waals surface area contributed by atoms with Crippen molar-refractivity contribution in [1.29, 1.82) is 0 Å². The van der Waals surface area contributed by atoms with Gasteiger partial charge in [0.05, 0.1) is 11.4 Å². The second kappa shape index (κ2) is 11.4. The quantitative estimate of drug-likeness (QED) is 0.175. The van der Waals surface area contributed by atoms with E-state index in [-0.39, 0.29) is 0 Å². The number of furan rings is 1. The molecule has 5 nitrogen and oxygen atoms in total. The largest absolute Gasteiger partial charge is 0.456 e. The Morgan fingerprint density at radius 3 is 2.00 bits per heavy atom. The minimum atomic E-state index is 0.598. The van der Waals surface area contributed by atoms with Gasteiger partial charge >= 0.3 is 0 Å². The van der Waals surface area contributed by atoms with Crippen molar-refractivity contribution in [2.45, 2.75) is 0 Å². The molecule has 0 unspecified atom stereocenters. The third kappa shape index (κ3) is 4.52. The van der Waals surface area contributed by atoms with Gasteiger partial charge < -0.3 is 19.1 Å². The zero-order chi connectivity index (χ0) is 33.0. The molecule has 0 aliphatic heterocycles. The van der Waals surface area contributed by atoms with Crippen molar-refractivity contribution in [2.75, 3.05) is 10.2 Å². The fourth-order valence-electron chi connectivity index (χ4n) is 7.23. The van der Waals surface area contributed by atoms with Gasteiger partial charge in [-0.05, 0) is 60.7 Å². The molecule has 0 radical (unpaired) electrons. The molecule has 0 saturated carbocycles.